The summed E-state index contributed by atoms with van der Waals surface area (Å²) in [6.45, 7) is 0.0856. The molecule has 0 radical (unpaired) electrons. The van der Waals surface area contributed by atoms with E-state index in [1.165, 1.54) is 18.2 Å². The standard InChI is InChI=1S/C11H11ClFNO3/c12-8-3-7(1-2-9(8)13)14-10(16)11(4-15)5-17-6-11/h1-3,15H,4-6H2,(H,14,16). The molecule has 1 fully saturated rings. The molecular formula is C11H11ClFNO3. The van der Waals surface area contributed by atoms with Gasteiger partial charge in [0.1, 0.15) is 11.2 Å². The number of anilines is 1. The highest BCUT2D eigenvalue weighted by Gasteiger charge is 2.45. The Bertz CT molecular complexity index is 443. The fourth-order valence-electron chi connectivity index (χ4n) is 1.48. The van der Waals surface area contributed by atoms with Gasteiger partial charge in [-0.2, -0.15) is 0 Å². The first kappa shape index (κ1) is 12.3. The summed E-state index contributed by atoms with van der Waals surface area (Å²) >= 11 is 5.59. The lowest BCUT2D eigenvalue weighted by molar-refractivity contribution is -0.164. The topological polar surface area (TPSA) is 58.6 Å². The molecule has 92 valence electrons. The van der Waals surface area contributed by atoms with Crippen molar-refractivity contribution in [1.82, 2.24) is 0 Å². The number of rotatable bonds is 3. The van der Waals surface area contributed by atoms with E-state index in [-0.39, 0.29) is 30.8 Å². The van der Waals surface area contributed by atoms with Crippen LogP contribution in [0.4, 0.5) is 10.1 Å². The normalized spacial score (nSPS) is 17.4. The fraction of sp³-hybridized carbons (Fsp3) is 0.364. The number of aliphatic hydroxyl groups excluding tert-OH is 1. The molecule has 17 heavy (non-hydrogen) atoms. The molecule has 1 saturated heterocycles. The van der Waals surface area contributed by atoms with Gasteiger partial charge in [-0.15, -0.1) is 0 Å². The van der Waals surface area contributed by atoms with Crippen molar-refractivity contribution in [3.05, 3.63) is 29.0 Å². The Labute approximate surface area is 102 Å². The molecule has 2 rings (SSSR count). The minimum atomic E-state index is -0.888. The highest BCUT2D eigenvalue weighted by Crippen LogP contribution is 2.29. The zero-order valence-electron chi connectivity index (χ0n) is 8.87. The molecule has 0 aromatic heterocycles. The van der Waals surface area contributed by atoms with Gasteiger partial charge in [0.15, 0.2) is 0 Å². The molecule has 0 atom stereocenters. The smallest absolute Gasteiger partial charge is 0.237 e. The Kier molecular flexibility index (Phi) is 3.33. The zero-order chi connectivity index (χ0) is 12.5. The first-order chi connectivity index (χ1) is 8.07. The molecule has 1 aromatic rings. The van der Waals surface area contributed by atoms with Gasteiger partial charge >= 0.3 is 0 Å². The van der Waals surface area contributed by atoms with Gasteiger partial charge < -0.3 is 15.2 Å². The van der Waals surface area contributed by atoms with Crippen LogP contribution in [0, 0.1) is 11.2 Å². The number of amides is 1. The highest BCUT2D eigenvalue weighted by molar-refractivity contribution is 6.31. The third kappa shape index (κ3) is 2.26. The molecule has 6 heteroatoms. The zero-order valence-corrected chi connectivity index (χ0v) is 9.63. The minimum Gasteiger partial charge on any atom is -0.395 e. The number of aliphatic hydroxyl groups is 1. The summed E-state index contributed by atoms with van der Waals surface area (Å²) in [4.78, 5) is 11.9. The monoisotopic (exact) mass is 259 g/mol. The van der Waals surface area contributed by atoms with Crippen molar-refractivity contribution in [3.8, 4) is 0 Å². The van der Waals surface area contributed by atoms with Crippen LogP contribution in [-0.4, -0.2) is 30.8 Å². The first-order valence-corrected chi connectivity index (χ1v) is 5.40. The van der Waals surface area contributed by atoms with Crippen molar-refractivity contribution in [2.75, 3.05) is 25.1 Å². The molecule has 0 saturated carbocycles. The van der Waals surface area contributed by atoms with Gasteiger partial charge in [0, 0.05) is 5.69 Å². The Morgan fingerprint density at radius 2 is 2.29 bits per heavy atom. The first-order valence-electron chi connectivity index (χ1n) is 5.02. The molecule has 1 aliphatic heterocycles. The van der Waals surface area contributed by atoms with Gasteiger partial charge in [-0.1, -0.05) is 11.6 Å². The van der Waals surface area contributed by atoms with Gasteiger partial charge in [-0.05, 0) is 18.2 Å². The molecule has 1 aromatic carbocycles. The van der Waals surface area contributed by atoms with E-state index in [2.05, 4.69) is 5.32 Å². The number of carbonyl (C=O) groups is 1. The van der Waals surface area contributed by atoms with Crippen LogP contribution < -0.4 is 5.32 Å². The molecule has 0 aliphatic carbocycles. The second kappa shape index (κ2) is 4.60. The maximum absolute atomic E-state index is 12.9. The van der Waals surface area contributed by atoms with E-state index < -0.39 is 11.2 Å². The minimum absolute atomic E-state index is 0.0642. The van der Waals surface area contributed by atoms with Gasteiger partial charge in [-0.25, -0.2) is 4.39 Å². The van der Waals surface area contributed by atoms with E-state index in [1.54, 1.807) is 0 Å². The third-order valence-electron chi connectivity index (χ3n) is 2.72. The number of carbonyl (C=O) groups excluding carboxylic acids is 1. The van der Waals surface area contributed by atoms with Crippen LogP contribution in [0.5, 0.6) is 0 Å². The Morgan fingerprint density at radius 1 is 1.59 bits per heavy atom. The van der Waals surface area contributed by atoms with Gasteiger partial charge in [0.25, 0.3) is 0 Å². The average Bonchev–Trinajstić information content (AvgIpc) is 2.23. The van der Waals surface area contributed by atoms with Crippen LogP contribution in [0.1, 0.15) is 0 Å². The van der Waals surface area contributed by atoms with Crippen molar-refractivity contribution in [2.45, 2.75) is 0 Å². The summed E-state index contributed by atoms with van der Waals surface area (Å²) < 4.78 is 17.8. The molecule has 4 nitrogen and oxygen atoms in total. The third-order valence-corrected chi connectivity index (χ3v) is 3.01. The number of hydrogen-bond donors (Lipinski definition) is 2. The van der Waals surface area contributed by atoms with Crippen LogP contribution in [0.3, 0.4) is 0 Å². The maximum Gasteiger partial charge on any atom is 0.237 e. The molecule has 0 spiro atoms. The predicted octanol–water partition coefficient (Wildman–Crippen LogP) is 1.43. The lowest BCUT2D eigenvalue weighted by atomic mass is 9.86. The lowest BCUT2D eigenvalue weighted by Gasteiger charge is -2.37. The average molecular weight is 260 g/mol. The predicted molar refractivity (Wildman–Crippen MR) is 60.4 cm³/mol. The highest BCUT2D eigenvalue weighted by atomic mass is 35.5. The van der Waals surface area contributed by atoms with E-state index in [0.29, 0.717) is 5.69 Å². The van der Waals surface area contributed by atoms with E-state index in [9.17, 15) is 9.18 Å². The van der Waals surface area contributed by atoms with Crippen molar-refractivity contribution in [1.29, 1.82) is 0 Å². The summed E-state index contributed by atoms with van der Waals surface area (Å²) in [6, 6.07) is 3.89. The largest absolute Gasteiger partial charge is 0.395 e. The van der Waals surface area contributed by atoms with E-state index in [1.807, 2.05) is 0 Å². The van der Waals surface area contributed by atoms with Crippen LogP contribution in [-0.2, 0) is 9.53 Å². The molecule has 1 aliphatic rings. The molecular weight excluding hydrogens is 249 g/mol. The van der Waals surface area contributed by atoms with Crippen molar-refractivity contribution >= 4 is 23.2 Å². The van der Waals surface area contributed by atoms with E-state index in [4.69, 9.17) is 21.4 Å². The van der Waals surface area contributed by atoms with Gasteiger partial charge in [0.05, 0.1) is 24.8 Å². The van der Waals surface area contributed by atoms with Crippen LogP contribution in [0.15, 0.2) is 18.2 Å². The summed E-state index contributed by atoms with van der Waals surface area (Å²) in [5.41, 5.74) is -0.498. The maximum atomic E-state index is 12.9. The molecule has 0 bridgehead atoms. The lowest BCUT2D eigenvalue weighted by Crippen LogP contribution is -2.54. The van der Waals surface area contributed by atoms with Crippen LogP contribution in [0.2, 0.25) is 5.02 Å². The van der Waals surface area contributed by atoms with Crippen molar-refractivity contribution in [2.24, 2.45) is 5.41 Å². The molecule has 1 amide bonds. The number of ether oxygens (including phenoxy) is 1. The summed E-state index contributed by atoms with van der Waals surface area (Å²) in [7, 11) is 0. The van der Waals surface area contributed by atoms with E-state index in [0.717, 1.165) is 0 Å². The summed E-state index contributed by atoms with van der Waals surface area (Å²) in [5, 5.41) is 11.7. The van der Waals surface area contributed by atoms with Crippen LogP contribution >= 0.6 is 11.6 Å². The number of halogens is 2. The second-order valence-corrected chi connectivity index (χ2v) is 4.42. The Morgan fingerprint density at radius 3 is 2.76 bits per heavy atom. The SMILES string of the molecule is O=C(Nc1ccc(F)c(Cl)c1)C1(CO)COC1. The second-order valence-electron chi connectivity index (χ2n) is 4.01. The molecule has 0 unspecified atom stereocenters. The Hall–Kier alpha value is -1.17. The fourth-order valence-corrected chi connectivity index (χ4v) is 1.66. The Balaban J connectivity index is 2.10. The van der Waals surface area contributed by atoms with Crippen LogP contribution in [0.25, 0.3) is 0 Å². The van der Waals surface area contributed by atoms with Gasteiger partial charge in [-0.3, -0.25) is 4.79 Å². The van der Waals surface area contributed by atoms with Crippen molar-refractivity contribution < 1.29 is 19.0 Å². The molecule has 2 N–H and O–H groups in total. The van der Waals surface area contributed by atoms with Gasteiger partial charge in [0.2, 0.25) is 5.91 Å². The van der Waals surface area contributed by atoms with E-state index >= 15 is 0 Å². The number of hydrogen-bond acceptors (Lipinski definition) is 3. The quantitative estimate of drug-likeness (QED) is 0.863. The number of nitrogens with one attached hydrogen (secondary N) is 1. The summed E-state index contributed by atoms with van der Waals surface area (Å²) in [5.74, 6) is -0.901. The summed E-state index contributed by atoms with van der Waals surface area (Å²) in [6.07, 6.45) is 0. The van der Waals surface area contributed by atoms with Crippen molar-refractivity contribution in [3.63, 3.8) is 0 Å². The number of benzene rings is 1. The molecule has 1 heterocycles.